The second kappa shape index (κ2) is 3.73. The van der Waals surface area contributed by atoms with E-state index in [1.54, 1.807) is 0 Å². The van der Waals surface area contributed by atoms with Gasteiger partial charge in [-0.25, -0.2) is 4.79 Å². The van der Waals surface area contributed by atoms with E-state index in [2.05, 4.69) is 28.5 Å². The number of aromatic amines is 1. The highest BCUT2D eigenvalue weighted by Crippen LogP contribution is 2.49. The third kappa shape index (κ3) is 2.19. The zero-order chi connectivity index (χ0) is 11.8. The molecule has 1 fully saturated rings. The Balaban J connectivity index is 2.15. The molecule has 0 amide bonds. The van der Waals surface area contributed by atoms with Crippen molar-refractivity contribution in [3.05, 3.63) is 16.4 Å². The van der Waals surface area contributed by atoms with E-state index in [1.165, 1.54) is 6.42 Å². The molecule has 1 saturated carbocycles. The highest BCUT2D eigenvalue weighted by molar-refractivity contribution is 4.99. The van der Waals surface area contributed by atoms with Crippen molar-refractivity contribution in [1.29, 1.82) is 0 Å². The first kappa shape index (κ1) is 11.4. The lowest BCUT2D eigenvalue weighted by molar-refractivity contribution is 0.252. The summed E-state index contributed by atoms with van der Waals surface area (Å²) in [5.41, 5.74) is 6.30. The van der Waals surface area contributed by atoms with Gasteiger partial charge in [-0.15, -0.1) is 0 Å². The van der Waals surface area contributed by atoms with Crippen molar-refractivity contribution in [3.63, 3.8) is 0 Å². The average molecular weight is 225 g/mol. The predicted octanol–water partition coefficient (Wildman–Crippen LogP) is 1.06. The van der Waals surface area contributed by atoms with Crippen molar-refractivity contribution in [1.82, 2.24) is 10.1 Å². The molecule has 1 aromatic heterocycles. The number of rotatable bonds is 3. The van der Waals surface area contributed by atoms with E-state index in [1.807, 2.05) is 0 Å². The van der Waals surface area contributed by atoms with Gasteiger partial charge in [-0.05, 0) is 36.6 Å². The van der Waals surface area contributed by atoms with Gasteiger partial charge >= 0.3 is 5.76 Å². The summed E-state index contributed by atoms with van der Waals surface area (Å²) < 4.78 is 4.51. The van der Waals surface area contributed by atoms with Crippen LogP contribution >= 0.6 is 0 Å². The van der Waals surface area contributed by atoms with E-state index in [4.69, 9.17) is 5.73 Å². The van der Waals surface area contributed by atoms with E-state index in [0.717, 1.165) is 12.8 Å². The quantitative estimate of drug-likeness (QED) is 0.805. The molecule has 0 spiro atoms. The first-order valence-electron chi connectivity index (χ1n) is 5.70. The highest BCUT2D eigenvalue weighted by Gasteiger charge is 2.42. The maximum Gasteiger partial charge on any atom is 0.438 e. The Morgan fingerprint density at radius 1 is 1.50 bits per heavy atom. The molecule has 5 nitrogen and oxygen atoms in total. The molecular weight excluding hydrogens is 206 g/mol. The van der Waals surface area contributed by atoms with E-state index in [9.17, 15) is 4.79 Å². The van der Waals surface area contributed by atoms with Crippen LogP contribution in [0, 0.1) is 10.8 Å². The molecule has 0 unspecified atom stereocenters. The second-order valence-corrected chi connectivity index (χ2v) is 5.76. The summed E-state index contributed by atoms with van der Waals surface area (Å²) in [6.45, 7) is 5.15. The first-order valence-corrected chi connectivity index (χ1v) is 5.70. The average Bonchev–Trinajstić information content (AvgIpc) is 2.72. The van der Waals surface area contributed by atoms with E-state index >= 15 is 0 Å². The Hall–Kier alpha value is -1.10. The molecule has 1 aliphatic rings. The van der Waals surface area contributed by atoms with Crippen molar-refractivity contribution < 1.29 is 4.52 Å². The van der Waals surface area contributed by atoms with Gasteiger partial charge in [0.25, 0.3) is 0 Å². The molecule has 0 saturated heterocycles. The lowest BCUT2D eigenvalue weighted by atomic mass is 9.79. The molecule has 1 heterocycles. The fourth-order valence-corrected chi connectivity index (χ4v) is 2.88. The Kier molecular flexibility index (Phi) is 2.66. The Morgan fingerprint density at radius 3 is 2.69 bits per heavy atom. The largest absolute Gasteiger partial charge is 0.438 e. The summed E-state index contributed by atoms with van der Waals surface area (Å²) in [6.07, 6.45) is 4.04. The lowest BCUT2D eigenvalue weighted by Crippen LogP contribution is -2.31. The monoisotopic (exact) mass is 225 g/mol. The zero-order valence-electron chi connectivity index (χ0n) is 9.88. The summed E-state index contributed by atoms with van der Waals surface area (Å²) >= 11 is 0. The maximum atomic E-state index is 10.9. The summed E-state index contributed by atoms with van der Waals surface area (Å²) in [5.74, 6) is 0.132. The van der Waals surface area contributed by atoms with Crippen LogP contribution in [0.4, 0.5) is 0 Å². The minimum atomic E-state index is -0.487. The minimum absolute atomic E-state index is 0.0727. The third-order valence-electron chi connectivity index (χ3n) is 3.65. The Labute approximate surface area is 94.4 Å². The van der Waals surface area contributed by atoms with Crippen molar-refractivity contribution in [3.8, 4) is 0 Å². The van der Waals surface area contributed by atoms with Crippen molar-refractivity contribution >= 4 is 0 Å². The summed E-state index contributed by atoms with van der Waals surface area (Å²) in [4.78, 5) is 13.5. The van der Waals surface area contributed by atoms with Crippen LogP contribution in [0.25, 0.3) is 0 Å². The number of nitrogens with one attached hydrogen (secondary N) is 1. The normalized spacial score (nSPS) is 28.4. The van der Waals surface area contributed by atoms with Crippen LogP contribution in [-0.2, 0) is 6.42 Å². The molecule has 1 aliphatic carbocycles. The fraction of sp³-hybridized carbons (Fsp3) is 0.818. The second-order valence-electron chi connectivity index (χ2n) is 5.76. The number of nitrogens with zero attached hydrogens (tertiary/aromatic N) is 1. The van der Waals surface area contributed by atoms with Gasteiger partial charge in [0, 0.05) is 6.42 Å². The predicted molar refractivity (Wildman–Crippen MR) is 59.9 cm³/mol. The zero-order valence-corrected chi connectivity index (χ0v) is 9.88. The maximum absolute atomic E-state index is 10.9. The van der Waals surface area contributed by atoms with Gasteiger partial charge in [0.2, 0.25) is 0 Å². The third-order valence-corrected chi connectivity index (χ3v) is 3.65. The summed E-state index contributed by atoms with van der Waals surface area (Å²) in [7, 11) is 0. The first-order chi connectivity index (χ1) is 7.45. The molecule has 2 rings (SSSR count). The van der Waals surface area contributed by atoms with E-state index in [-0.39, 0.29) is 5.41 Å². The van der Waals surface area contributed by atoms with Gasteiger partial charge in [0.1, 0.15) is 0 Å². The van der Waals surface area contributed by atoms with Gasteiger partial charge in [0.05, 0.1) is 0 Å². The molecule has 0 bridgehead atoms. The fourth-order valence-electron chi connectivity index (χ4n) is 2.88. The van der Waals surface area contributed by atoms with Crippen LogP contribution in [0.5, 0.6) is 0 Å². The van der Waals surface area contributed by atoms with Gasteiger partial charge in [-0.1, -0.05) is 19.0 Å². The molecule has 5 heteroatoms. The highest BCUT2D eigenvalue weighted by atomic mass is 16.5. The van der Waals surface area contributed by atoms with Crippen molar-refractivity contribution in [2.45, 2.75) is 39.5 Å². The number of nitrogens with two attached hydrogens (primary N) is 1. The van der Waals surface area contributed by atoms with Gasteiger partial charge < -0.3 is 5.73 Å². The van der Waals surface area contributed by atoms with Gasteiger partial charge in [-0.2, -0.15) is 0 Å². The number of hydrogen-bond acceptors (Lipinski definition) is 4. The van der Waals surface area contributed by atoms with Crippen LogP contribution < -0.4 is 11.5 Å². The number of hydrogen-bond donors (Lipinski definition) is 2. The van der Waals surface area contributed by atoms with Gasteiger partial charge in [0.15, 0.2) is 5.82 Å². The molecule has 0 aromatic carbocycles. The Bertz CT molecular complexity index is 421. The molecule has 3 N–H and O–H groups in total. The topological polar surface area (TPSA) is 84.9 Å². The molecule has 16 heavy (non-hydrogen) atoms. The molecule has 1 atom stereocenters. The van der Waals surface area contributed by atoms with E-state index in [0.29, 0.717) is 24.2 Å². The molecule has 0 aliphatic heterocycles. The van der Waals surface area contributed by atoms with Crippen molar-refractivity contribution in [2.24, 2.45) is 16.6 Å². The van der Waals surface area contributed by atoms with Crippen LogP contribution in [0.3, 0.4) is 0 Å². The van der Waals surface area contributed by atoms with Crippen LogP contribution in [0.2, 0.25) is 0 Å². The van der Waals surface area contributed by atoms with Gasteiger partial charge in [-0.3, -0.25) is 9.51 Å². The summed E-state index contributed by atoms with van der Waals surface area (Å²) in [5, 5.41) is 3.72. The Morgan fingerprint density at radius 2 is 2.25 bits per heavy atom. The SMILES string of the molecule is CC1(C)CC[C@@](CN)(Cc2noc(=O)[nH]2)C1. The standard InChI is InChI=1S/C11H19N3O2/c1-10(2)3-4-11(6-10,7-12)5-8-13-9(15)16-14-8/h3-7,12H2,1-2H3,(H,13,14,15)/t11-/m1/s1. The lowest BCUT2D eigenvalue weighted by Gasteiger charge is -2.28. The molecule has 0 radical (unpaired) electrons. The van der Waals surface area contributed by atoms with Crippen LogP contribution in [0.1, 0.15) is 38.9 Å². The number of aromatic nitrogens is 2. The van der Waals surface area contributed by atoms with Crippen LogP contribution in [0.15, 0.2) is 9.32 Å². The van der Waals surface area contributed by atoms with Crippen LogP contribution in [-0.4, -0.2) is 16.7 Å². The smallest absolute Gasteiger partial charge is 0.330 e. The molecule has 90 valence electrons. The number of H-pyrrole nitrogens is 1. The molecule has 1 aromatic rings. The minimum Gasteiger partial charge on any atom is -0.330 e. The molecular formula is C11H19N3O2. The summed E-state index contributed by atoms with van der Waals surface area (Å²) in [6, 6.07) is 0. The van der Waals surface area contributed by atoms with E-state index < -0.39 is 5.76 Å². The van der Waals surface area contributed by atoms with Crippen molar-refractivity contribution in [2.75, 3.05) is 6.54 Å².